The molecule has 1 fully saturated rings. The highest BCUT2D eigenvalue weighted by Crippen LogP contribution is 2.36. The zero-order valence-electron chi connectivity index (χ0n) is 17.5. The Kier molecular flexibility index (Phi) is 5.02. The molecule has 0 radical (unpaired) electrons. The van der Waals surface area contributed by atoms with E-state index in [9.17, 15) is 14.1 Å². The van der Waals surface area contributed by atoms with Gasteiger partial charge in [-0.15, -0.1) is 0 Å². The fourth-order valence-electron chi connectivity index (χ4n) is 3.75. The van der Waals surface area contributed by atoms with Crippen molar-refractivity contribution in [2.24, 2.45) is 13.0 Å². The van der Waals surface area contributed by atoms with Crippen LogP contribution in [0.2, 0.25) is 0 Å². The summed E-state index contributed by atoms with van der Waals surface area (Å²) in [7, 11) is -1.49. The first-order valence-corrected chi connectivity index (χ1v) is 11.8. The Hall–Kier alpha value is -2.58. The zero-order chi connectivity index (χ0) is 21.7. The Morgan fingerprint density at radius 3 is 2.70 bits per heavy atom. The monoisotopic (exact) mass is 428 g/mol. The van der Waals surface area contributed by atoms with E-state index in [2.05, 4.69) is 10.3 Å². The molecule has 0 amide bonds. The fourth-order valence-corrected chi connectivity index (χ4v) is 5.50. The first kappa shape index (κ1) is 20.7. The molecule has 1 unspecified atom stereocenters. The van der Waals surface area contributed by atoms with Gasteiger partial charge in [0.1, 0.15) is 5.52 Å². The number of pyridine rings is 1. The van der Waals surface area contributed by atoms with Crippen LogP contribution < -0.4 is 10.9 Å². The molecule has 4 rings (SSSR count). The average molecular weight is 429 g/mol. The Balaban J connectivity index is 1.89. The van der Waals surface area contributed by atoms with E-state index in [1.165, 1.54) is 17.4 Å². The van der Waals surface area contributed by atoms with Gasteiger partial charge in [-0.3, -0.25) is 4.79 Å². The molecule has 1 saturated carbocycles. The second-order valence-electron chi connectivity index (χ2n) is 8.89. The van der Waals surface area contributed by atoms with E-state index in [1.54, 1.807) is 45.4 Å². The third kappa shape index (κ3) is 4.15. The van der Waals surface area contributed by atoms with Crippen LogP contribution in [0.25, 0.3) is 22.0 Å². The summed E-state index contributed by atoms with van der Waals surface area (Å²) in [5.74, 6) is 0.515. The molecule has 0 aliphatic heterocycles. The molecule has 2 aromatic heterocycles. The van der Waals surface area contributed by atoms with Crippen LogP contribution in [0.4, 0.5) is 5.69 Å². The van der Waals surface area contributed by atoms with Gasteiger partial charge in [-0.05, 0) is 56.9 Å². The van der Waals surface area contributed by atoms with Crippen LogP contribution in [-0.2, 0) is 16.8 Å². The van der Waals surface area contributed by atoms with Crippen LogP contribution in [0.15, 0.2) is 46.3 Å². The lowest BCUT2D eigenvalue weighted by molar-refractivity contribution is 0.105. The summed E-state index contributed by atoms with van der Waals surface area (Å²) in [5, 5.41) is 14.4. The molecule has 1 aliphatic carbocycles. The third-order valence-corrected chi connectivity index (χ3v) is 7.52. The van der Waals surface area contributed by atoms with Crippen molar-refractivity contribution in [3.63, 3.8) is 0 Å². The molecule has 160 valence electrons. The molecule has 1 atom stereocenters. The van der Waals surface area contributed by atoms with Crippen LogP contribution in [0.1, 0.15) is 26.7 Å². The van der Waals surface area contributed by atoms with Gasteiger partial charge >= 0.3 is 0 Å². The number of hydrogen-bond acceptors (Lipinski definition) is 5. The van der Waals surface area contributed by atoms with Crippen molar-refractivity contribution in [1.82, 2.24) is 9.55 Å². The van der Waals surface area contributed by atoms with Crippen LogP contribution in [0.3, 0.4) is 0 Å². The molecule has 0 bridgehead atoms. The lowest BCUT2D eigenvalue weighted by Gasteiger charge is -2.21. The summed E-state index contributed by atoms with van der Waals surface area (Å²) < 4.78 is 23.1. The number of aliphatic hydroxyl groups is 1. The van der Waals surface area contributed by atoms with E-state index in [1.807, 2.05) is 12.1 Å². The minimum Gasteiger partial charge on any atom is -0.389 e. The number of aryl methyl sites for hydroxylation is 1. The highest BCUT2D eigenvalue weighted by atomic mass is 32.2. The summed E-state index contributed by atoms with van der Waals surface area (Å²) >= 11 is 0. The van der Waals surface area contributed by atoms with Crippen molar-refractivity contribution in [2.45, 2.75) is 37.2 Å². The number of rotatable bonds is 7. The van der Waals surface area contributed by atoms with Crippen molar-refractivity contribution in [3.8, 4) is 11.1 Å². The SMILES string of the molecule is Cn1cc(-c2cc(S(=N)(=O)CC(C)(C)O)ccc2NCC2CC2)c2cc[nH]c2c1=O. The maximum absolute atomic E-state index is 13.1. The maximum Gasteiger partial charge on any atom is 0.274 e. The van der Waals surface area contributed by atoms with Gasteiger partial charge in [0.05, 0.1) is 21.1 Å². The largest absolute Gasteiger partial charge is 0.389 e. The number of nitrogens with one attached hydrogen (secondary N) is 3. The summed E-state index contributed by atoms with van der Waals surface area (Å²) in [5.41, 5.74) is 1.68. The summed E-state index contributed by atoms with van der Waals surface area (Å²) in [4.78, 5) is 15.9. The second kappa shape index (κ2) is 7.28. The Bertz CT molecular complexity index is 1260. The number of nitrogens with zero attached hydrogens (tertiary/aromatic N) is 1. The molecule has 7 nitrogen and oxygen atoms in total. The van der Waals surface area contributed by atoms with Crippen molar-refractivity contribution in [3.05, 3.63) is 47.0 Å². The van der Waals surface area contributed by atoms with Gasteiger partial charge in [-0.1, -0.05) is 0 Å². The van der Waals surface area contributed by atoms with Crippen molar-refractivity contribution in [1.29, 1.82) is 4.78 Å². The average Bonchev–Trinajstić information content (AvgIpc) is 3.35. The number of anilines is 1. The van der Waals surface area contributed by atoms with Crippen molar-refractivity contribution in [2.75, 3.05) is 17.6 Å². The summed E-state index contributed by atoms with van der Waals surface area (Å²) in [6, 6.07) is 7.19. The van der Waals surface area contributed by atoms with E-state index < -0.39 is 15.3 Å². The predicted molar refractivity (Wildman–Crippen MR) is 120 cm³/mol. The van der Waals surface area contributed by atoms with E-state index in [0.29, 0.717) is 16.3 Å². The van der Waals surface area contributed by atoms with Crippen LogP contribution >= 0.6 is 0 Å². The van der Waals surface area contributed by atoms with Crippen LogP contribution in [0, 0.1) is 10.7 Å². The molecular formula is C22H28N4O3S. The van der Waals surface area contributed by atoms with Gasteiger partial charge in [-0.2, -0.15) is 0 Å². The van der Waals surface area contributed by atoms with Gasteiger partial charge < -0.3 is 20.0 Å². The predicted octanol–water partition coefficient (Wildman–Crippen LogP) is 3.53. The molecule has 8 heteroatoms. The molecule has 1 aromatic carbocycles. The normalized spacial score (nSPS) is 16.5. The Morgan fingerprint density at radius 2 is 2.03 bits per heavy atom. The zero-order valence-corrected chi connectivity index (χ0v) is 18.3. The molecule has 0 saturated heterocycles. The third-order valence-electron chi connectivity index (χ3n) is 5.39. The number of aromatic nitrogens is 2. The molecule has 3 aromatic rings. The number of hydrogen-bond donors (Lipinski definition) is 4. The molecule has 1 aliphatic rings. The summed E-state index contributed by atoms with van der Waals surface area (Å²) in [6.45, 7) is 3.97. The lowest BCUT2D eigenvalue weighted by Crippen LogP contribution is -2.29. The minimum absolute atomic E-state index is 0.117. The number of fused-ring (bicyclic) bond motifs is 1. The molecular weight excluding hydrogens is 400 g/mol. The topological polar surface area (TPSA) is 111 Å². The highest BCUT2D eigenvalue weighted by Gasteiger charge is 2.25. The number of aromatic amines is 1. The highest BCUT2D eigenvalue weighted by molar-refractivity contribution is 7.92. The van der Waals surface area contributed by atoms with Crippen molar-refractivity contribution < 1.29 is 9.32 Å². The molecule has 2 heterocycles. The van der Waals surface area contributed by atoms with Crippen LogP contribution in [-0.4, -0.2) is 36.8 Å². The molecule has 30 heavy (non-hydrogen) atoms. The van der Waals surface area contributed by atoms with E-state index >= 15 is 0 Å². The van der Waals surface area contributed by atoms with Gasteiger partial charge in [0.25, 0.3) is 5.56 Å². The van der Waals surface area contributed by atoms with Gasteiger partial charge in [0.2, 0.25) is 0 Å². The van der Waals surface area contributed by atoms with Crippen LogP contribution in [0.5, 0.6) is 0 Å². The fraction of sp³-hybridized carbons (Fsp3) is 0.409. The number of benzene rings is 1. The molecule has 0 spiro atoms. The minimum atomic E-state index is -3.20. The molecule has 4 N–H and O–H groups in total. The maximum atomic E-state index is 13.1. The van der Waals surface area contributed by atoms with Gasteiger partial charge in [0.15, 0.2) is 0 Å². The second-order valence-corrected chi connectivity index (χ2v) is 11.0. The smallest absolute Gasteiger partial charge is 0.274 e. The van der Waals surface area contributed by atoms with Crippen molar-refractivity contribution >= 4 is 26.3 Å². The van der Waals surface area contributed by atoms with E-state index in [0.717, 1.165) is 28.7 Å². The van der Waals surface area contributed by atoms with Gasteiger partial charge in [-0.25, -0.2) is 8.99 Å². The lowest BCUT2D eigenvalue weighted by atomic mass is 10.0. The summed E-state index contributed by atoms with van der Waals surface area (Å²) in [6.07, 6.45) is 5.95. The standard InChI is InChI=1S/C22H28N4O3S/c1-22(2,28)13-30(23,29)15-6-7-19(25-11-14-4-5-14)17(10-15)18-12-26(3)21(27)20-16(18)8-9-24-20/h6-10,12,14,23-25,28H,4-5,11,13H2,1-3H3. The van der Waals surface area contributed by atoms with E-state index in [4.69, 9.17) is 4.78 Å². The van der Waals surface area contributed by atoms with Gasteiger partial charge in [0, 0.05) is 53.1 Å². The van der Waals surface area contributed by atoms with E-state index in [-0.39, 0.29) is 11.3 Å². The quantitative estimate of drug-likeness (QED) is 0.461. The first-order chi connectivity index (χ1) is 14.0. The number of H-pyrrole nitrogens is 1. The first-order valence-electron chi connectivity index (χ1n) is 10.1. The Morgan fingerprint density at radius 1 is 1.30 bits per heavy atom. The Labute approximate surface area is 176 Å².